The van der Waals surface area contributed by atoms with Gasteiger partial charge in [0.1, 0.15) is 5.82 Å². The molecule has 170 valence electrons. The summed E-state index contributed by atoms with van der Waals surface area (Å²) in [4.78, 5) is 41.5. The molecule has 0 saturated heterocycles. The van der Waals surface area contributed by atoms with Crippen molar-refractivity contribution in [1.82, 2.24) is 9.55 Å². The van der Waals surface area contributed by atoms with Crippen molar-refractivity contribution in [3.63, 3.8) is 0 Å². The highest BCUT2D eigenvalue weighted by atomic mass is 16.5. The van der Waals surface area contributed by atoms with E-state index in [2.05, 4.69) is 4.98 Å². The fourth-order valence-corrected chi connectivity index (χ4v) is 3.12. The van der Waals surface area contributed by atoms with Crippen LogP contribution >= 0.6 is 0 Å². The summed E-state index contributed by atoms with van der Waals surface area (Å²) in [7, 11) is 0. The molecule has 0 saturated carbocycles. The largest absolute Gasteiger partial charge is 0.490 e. The van der Waals surface area contributed by atoms with Crippen LogP contribution in [0.4, 0.5) is 11.5 Å². The molecule has 0 spiro atoms. The van der Waals surface area contributed by atoms with Crippen LogP contribution in [0, 0.1) is 5.92 Å². The SMILES string of the molecule is CCCCN(C(=O)COc1ccccc1OCC)c1c(N)n(CC(C)C)c(=O)[nH]c1=O. The Morgan fingerprint density at radius 3 is 2.39 bits per heavy atom. The molecular formula is C22H32N4O5. The first-order valence-corrected chi connectivity index (χ1v) is 10.6. The molecule has 0 aliphatic carbocycles. The maximum absolute atomic E-state index is 13.1. The summed E-state index contributed by atoms with van der Waals surface area (Å²) in [5, 5.41) is 0. The van der Waals surface area contributed by atoms with Gasteiger partial charge >= 0.3 is 5.69 Å². The molecule has 0 atom stereocenters. The first kappa shape index (κ1) is 24.0. The lowest BCUT2D eigenvalue weighted by Crippen LogP contribution is -2.43. The van der Waals surface area contributed by atoms with E-state index < -0.39 is 17.2 Å². The number of ether oxygens (including phenoxy) is 2. The topological polar surface area (TPSA) is 120 Å². The zero-order valence-corrected chi connectivity index (χ0v) is 18.6. The van der Waals surface area contributed by atoms with Gasteiger partial charge in [0.15, 0.2) is 23.8 Å². The molecular weight excluding hydrogens is 400 g/mol. The molecule has 1 aromatic carbocycles. The second kappa shape index (κ2) is 11.2. The number of benzene rings is 1. The number of carbonyl (C=O) groups excluding carboxylic acids is 1. The fraction of sp³-hybridized carbons (Fsp3) is 0.500. The number of aromatic nitrogens is 2. The molecule has 0 bridgehead atoms. The molecule has 3 N–H and O–H groups in total. The number of carbonyl (C=O) groups is 1. The lowest BCUT2D eigenvalue weighted by atomic mass is 10.2. The van der Waals surface area contributed by atoms with Gasteiger partial charge in [-0.3, -0.25) is 19.1 Å². The quantitative estimate of drug-likeness (QED) is 0.563. The molecule has 1 aromatic heterocycles. The summed E-state index contributed by atoms with van der Waals surface area (Å²) >= 11 is 0. The second-order valence-electron chi connectivity index (χ2n) is 7.56. The molecule has 9 nitrogen and oxygen atoms in total. The third-order valence-corrected chi connectivity index (χ3v) is 4.57. The Labute approximate surface area is 181 Å². The molecule has 0 aliphatic rings. The Hall–Kier alpha value is -3.23. The number of nitrogens with zero attached hydrogens (tertiary/aromatic N) is 2. The smallest absolute Gasteiger partial charge is 0.330 e. The van der Waals surface area contributed by atoms with Crippen LogP contribution in [0.2, 0.25) is 0 Å². The van der Waals surface area contributed by atoms with Gasteiger partial charge in [0.05, 0.1) is 6.61 Å². The predicted octanol–water partition coefficient (Wildman–Crippen LogP) is 2.39. The highest BCUT2D eigenvalue weighted by Crippen LogP contribution is 2.26. The van der Waals surface area contributed by atoms with Gasteiger partial charge in [0, 0.05) is 13.1 Å². The number of hydrogen-bond acceptors (Lipinski definition) is 6. The Bertz CT molecular complexity index is 996. The molecule has 0 radical (unpaired) electrons. The number of hydrogen-bond donors (Lipinski definition) is 2. The van der Waals surface area contributed by atoms with Crippen LogP contribution in [0.25, 0.3) is 0 Å². The zero-order chi connectivity index (χ0) is 23.0. The fourth-order valence-electron chi connectivity index (χ4n) is 3.12. The first-order chi connectivity index (χ1) is 14.8. The lowest BCUT2D eigenvalue weighted by molar-refractivity contribution is -0.120. The predicted molar refractivity (Wildman–Crippen MR) is 121 cm³/mol. The monoisotopic (exact) mass is 432 g/mol. The molecule has 0 fully saturated rings. The van der Waals surface area contributed by atoms with Crippen LogP contribution in [0.5, 0.6) is 11.5 Å². The minimum atomic E-state index is -0.693. The van der Waals surface area contributed by atoms with Crippen molar-refractivity contribution < 1.29 is 14.3 Å². The van der Waals surface area contributed by atoms with Crippen molar-refractivity contribution in [1.29, 1.82) is 0 Å². The van der Waals surface area contributed by atoms with E-state index in [0.29, 0.717) is 31.1 Å². The molecule has 9 heteroatoms. The average molecular weight is 433 g/mol. The van der Waals surface area contributed by atoms with E-state index in [-0.39, 0.29) is 30.6 Å². The minimum absolute atomic E-state index is 0.0263. The van der Waals surface area contributed by atoms with E-state index in [4.69, 9.17) is 15.2 Å². The molecule has 0 unspecified atom stereocenters. The average Bonchev–Trinajstić information content (AvgIpc) is 2.72. The molecule has 31 heavy (non-hydrogen) atoms. The number of anilines is 2. The third-order valence-electron chi connectivity index (χ3n) is 4.57. The number of para-hydroxylation sites is 2. The Morgan fingerprint density at radius 2 is 1.81 bits per heavy atom. The van der Waals surface area contributed by atoms with Crippen molar-refractivity contribution in [3.05, 3.63) is 45.1 Å². The van der Waals surface area contributed by atoms with E-state index in [0.717, 1.165) is 6.42 Å². The van der Waals surface area contributed by atoms with Gasteiger partial charge in [-0.25, -0.2) is 4.79 Å². The summed E-state index contributed by atoms with van der Waals surface area (Å²) in [6.07, 6.45) is 1.46. The van der Waals surface area contributed by atoms with E-state index in [9.17, 15) is 14.4 Å². The molecule has 1 amide bonds. The first-order valence-electron chi connectivity index (χ1n) is 10.6. The number of H-pyrrole nitrogens is 1. The van der Waals surface area contributed by atoms with Gasteiger partial charge in [0.25, 0.3) is 11.5 Å². The van der Waals surface area contributed by atoms with Crippen LogP contribution in [0.3, 0.4) is 0 Å². The van der Waals surface area contributed by atoms with E-state index >= 15 is 0 Å². The van der Waals surface area contributed by atoms with Crippen molar-refractivity contribution in [2.24, 2.45) is 5.92 Å². The maximum Gasteiger partial charge on any atom is 0.330 e. The van der Waals surface area contributed by atoms with Gasteiger partial charge in [-0.15, -0.1) is 0 Å². The summed E-state index contributed by atoms with van der Waals surface area (Å²) < 4.78 is 12.5. The number of nitrogens with one attached hydrogen (secondary N) is 1. The second-order valence-corrected chi connectivity index (χ2v) is 7.56. The summed E-state index contributed by atoms with van der Waals surface area (Å²) in [5.74, 6) is 0.616. The van der Waals surface area contributed by atoms with Crippen LogP contribution in [0.15, 0.2) is 33.9 Å². The van der Waals surface area contributed by atoms with Crippen LogP contribution < -0.4 is 31.4 Å². The van der Waals surface area contributed by atoms with E-state index in [1.165, 1.54) is 9.47 Å². The molecule has 1 heterocycles. The van der Waals surface area contributed by atoms with Crippen molar-refractivity contribution in [3.8, 4) is 11.5 Å². The summed E-state index contributed by atoms with van der Waals surface area (Å²) in [5.41, 5.74) is 4.89. The van der Waals surface area contributed by atoms with Crippen molar-refractivity contribution in [2.45, 2.75) is 47.1 Å². The van der Waals surface area contributed by atoms with E-state index in [1.807, 2.05) is 33.8 Å². The van der Waals surface area contributed by atoms with Crippen LogP contribution in [-0.2, 0) is 11.3 Å². The highest BCUT2D eigenvalue weighted by Gasteiger charge is 2.24. The van der Waals surface area contributed by atoms with E-state index in [1.54, 1.807) is 18.2 Å². The van der Waals surface area contributed by atoms with Gasteiger partial charge in [-0.2, -0.15) is 0 Å². The molecule has 0 aliphatic heterocycles. The minimum Gasteiger partial charge on any atom is -0.490 e. The third kappa shape index (κ3) is 6.13. The number of nitrogen functional groups attached to an aromatic ring is 1. The van der Waals surface area contributed by atoms with Crippen molar-refractivity contribution >= 4 is 17.4 Å². The maximum atomic E-state index is 13.1. The normalized spacial score (nSPS) is 10.9. The standard InChI is InChI=1S/C22H32N4O5/c1-5-7-12-25(18(27)14-31-17-11-9-8-10-16(17)30-6-2)19-20(23)26(13-15(3)4)22(29)24-21(19)28/h8-11,15H,5-7,12-14,23H2,1-4H3,(H,24,28,29). The number of amides is 1. The number of rotatable bonds is 11. The van der Waals surface area contributed by atoms with Crippen LogP contribution in [0.1, 0.15) is 40.5 Å². The summed E-state index contributed by atoms with van der Waals surface area (Å²) in [6, 6.07) is 7.05. The number of aromatic amines is 1. The van der Waals surface area contributed by atoms with Crippen molar-refractivity contribution in [2.75, 3.05) is 30.4 Å². The zero-order valence-electron chi connectivity index (χ0n) is 18.6. The highest BCUT2D eigenvalue weighted by molar-refractivity contribution is 5.96. The molecule has 2 aromatic rings. The Balaban J connectivity index is 2.37. The molecule has 2 rings (SSSR count). The lowest BCUT2D eigenvalue weighted by Gasteiger charge is -2.25. The van der Waals surface area contributed by atoms with Crippen LogP contribution in [-0.4, -0.2) is 35.2 Å². The van der Waals surface area contributed by atoms with Gasteiger partial charge < -0.3 is 20.1 Å². The number of nitrogens with two attached hydrogens (primary N) is 1. The summed E-state index contributed by atoms with van der Waals surface area (Å²) in [6.45, 7) is 8.44. The van der Waals surface area contributed by atoms with Gasteiger partial charge in [0.2, 0.25) is 0 Å². The van der Waals surface area contributed by atoms with Gasteiger partial charge in [-0.05, 0) is 31.4 Å². The number of unbranched alkanes of at least 4 members (excludes halogenated alkanes) is 1. The Kier molecular flexibility index (Phi) is 8.72. The Morgan fingerprint density at radius 1 is 1.16 bits per heavy atom. The van der Waals surface area contributed by atoms with Gasteiger partial charge in [-0.1, -0.05) is 39.3 Å².